The van der Waals surface area contributed by atoms with Gasteiger partial charge in [0.2, 0.25) is 0 Å². The number of carbonyl (C=O) groups excluding carboxylic acids is 1. The molecule has 2 fully saturated rings. The van der Waals surface area contributed by atoms with Crippen molar-refractivity contribution in [2.75, 3.05) is 12.0 Å². The number of methoxy groups -OCH3 is 1. The Morgan fingerprint density at radius 1 is 1.11 bits per heavy atom. The third kappa shape index (κ3) is 3.51. The van der Waals surface area contributed by atoms with Crippen molar-refractivity contribution in [2.45, 2.75) is 64.0 Å². The van der Waals surface area contributed by atoms with Crippen molar-refractivity contribution in [1.29, 1.82) is 0 Å². The molecule has 2 saturated carbocycles. The fourth-order valence-electron chi connectivity index (χ4n) is 6.82. The maximum Gasteiger partial charge on any atom is 0.412 e. The molecule has 182 valence electrons. The molecule has 1 spiro atoms. The van der Waals surface area contributed by atoms with Gasteiger partial charge in [-0.1, -0.05) is 30.3 Å². The van der Waals surface area contributed by atoms with Gasteiger partial charge in [-0.05, 0) is 68.6 Å². The van der Waals surface area contributed by atoms with E-state index >= 15 is 0 Å². The van der Waals surface area contributed by atoms with Crippen LogP contribution in [0.4, 0.5) is 10.5 Å². The van der Waals surface area contributed by atoms with E-state index in [1.807, 2.05) is 19.1 Å². The Morgan fingerprint density at radius 3 is 2.54 bits per heavy atom. The topological polar surface area (TPSA) is 84.7 Å². The number of esters is 1. The highest BCUT2D eigenvalue weighted by Gasteiger charge is 2.56. The quantitative estimate of drug-likeness (QED) is 0.516. The molecule has 0 saturated heterocycles. The molecule has 1 amide bonds. The highest BCUT2D eigenvalue weighted by Crippen LogP contribution is 2.63. The first-order chi connectivity index (χ1) is 16.9. The summed E-state index contributed by atoms with van der Waals surface area (Å²) in [7, 11) is 1.47. The van der Waals surface area contributed by atoms with Crippen molar-refractivity contribution in [3.8, 4) is 0 Å². The molecule has 0 unspecified atom stereocenters. The smallest absolute Gasteiger partial charge is 0.412 e. The van der Waals surface area contributed by atoms with Gasteiger partial charge in [0.05, 0.1) is 29.7 Å². The van der Waals surface area contributed by atoms with Crippen LogP contribution < -0.4 is 4.90 Å². The summed E-state index contributed by atoms with van der Waals surface area (Å²) in [6, 6.07) is 14.7. The fourth-order valence-corrected chi connectivity index (χ4v) is 6.82. The molecule has 3 aliphatic rings. The van der Waals surface area contributed by atoms with Crippen LogP contribution in [0.5, 0.6) is 0 Å². The molecule has 35 heavy (non-hydrogen) atoms. The Morgan fingerprint density at radius 2 is 1.86 bits per heavy atom. The number of aryl methyl sites for hydroxylation is 1. The number of rotatable bonds is 4. The van der Waals surface area contributed by atoms with Crippen LogP contribution in [0.15, 0.2) is 42.5 Å². The van der Waals surface area contributed by atoms with E-state index in [1.54, 1.807) is 0 Å². The molecule has 1 atom stereocenters. The molecule has 1 aromatic heterocycles. The van der Waals surface area contributed by atoms with Gasteiger partial charge in [0.15, 0.2) is 0 Å². The number of carboxylic acid groups (broad SMARTS) is 1. The van der Waals surface area contributed by atoms with Crippen molar-refractivity contribution in [3.05, 3.63) is 59.4 Å². The van der Waals surface area contributed by atoms with Gasteiger partial charge in [0, 0.05) is 24.1 Å². The predicted molar refractivity (Wildman–Crippen MR) is 133 cm³/mol. The largest absolute Gasteiger partial charge is 0.469 e. The van der Waals surface area contributed by atoms with Gasteiger partial charge in [-0.25, -0.2) is 9.78 Å². The zero-order chi connectivity index (χ0) is 24.3. The molecule has 2 aliphatic carbocycles. The van der Waals surface area contributed by atoms with E-state index in [1.165, 1.54) is 17.6 Å². The number of nitrogens with zero attached hydrogens (tertiary/aromatic N) is 3. The van der Waals surface area contributed by atoms with Crippen molar-refractivity contribution in [1.82, 2.24) is 9.55 Å². The van der Waals surface area contributed by atoms with Crippen LogP contribution in [0.2, 0.25) is 0 Å². The Bertz CT molecular complexity index is 1300. The molecule has 1 N–H and O–H groups in total. The standard InChI is InChI=1S/C28H31N3O4/c1-17-8-9-21-22(30(17)27(33)34)10-11-23-25(21)29-24(12-18-6-4-3-5-7-18)31(23)20-15-28(16-20)13-19(14-28)26(32)35-2/h3-7,10-11,17,19-20H,8-9,12-16H2,1-2H3,(H,33,34)/t17-,19?,20?,28?/m0/s1. The zero-order valence-corrected chi connectivity index (χ0v) is 20.2. The number of imidazole rings is 1. The number of hydrogen-bond acceptors (Lipinski definition) is 4. The van der Waals surface area contributed by atoms with Gasteiger partial charge in [-0.2, -0.15) is 0 Å². The van der Waals surface area contributed by atoms with E-state index in [2.05, 4.69) is 34.9 Å². The van der Waals surface area contributed by atoms with Crippen molar-refractivity contribution < 1.29 is 19.4 Å². The summed E-state index contributed by atoms with van der Waals surface area (Å²) in [5.74, 6) is 0.991. The number of anilines is 1. The van der Waals surface area contributed by atoms with E-state index in [4.69, 9.17) is 9.72 Å². The molecular weight excluding hydrogens is 442 g/mol. The third-order valence-electron chi connectivity index (χ3n) is 8.53. The number of hydrogen-bond donors (Lipinski definition) is 1. The Kier molecular flexibility index (Phi) is 5.13. The summed E-state index contributed by atoms with van der Waals surface area (Å²) in [5.41, 5.74) is 5.30. The average molecular weight is 474 g/mol. The number of fused-ring (bicyclic) bond motifs is 3. The molecule has 3 aromatic rings. The minimum absolute atomic E-state index is 0.0419. The van der Waals surface area contributed by atoms with Crippen LogP contribution in [-0.4, -0.2) is 39.9 Å². The zero-order valence-electron chi connectivity index (χ0n) is 20.2. The minimum Gasteiger partial charge on any atom is -0.469 e. The number of benzene rings is 2. The second kappa shape index (κ2) is 8.11. The van der Waals surface area contributed by atoms with Crippen LogP contribution in [-0.2, 0) is 22.4 Å². The monoisotopic (exact) mass is 473 g/mol. The Balaban J connectivity index is 1.38. The summed E-state index contributed by atoms with van der Waals surface area (Å²) in [5, 5.41) is 9.85. The van der Waals surface area contributed by atoms with E-state index in [-0.39, 0.29) is 23.3 Å². The molecular formula is C28H31N3O4. The van der Waals surface area contributed by atoms with Gasteiger partial charge in [0.1, 0.15) is 5.82 Å². The van der Waals surface area contributed by atoms with Crippen LogP contribution in [0.3, 0.4) is 0 Å². The first kappa shape index (κ1) is 22.1. The SMILES string of the molecule is COC(=O)C1CC2(C1)CC(n1c(Cc3ccccc3)nc3c4c(ccc31)N(C(=O)O)[C@@H](C)CC4)C2. The van der Waals surface area contributed by atoms with E-state index in [9.17, 15) is 14.7 Å². The van der Waals surface area contributed by atoms with Gasteiger partial charge < -0.3 is 14.4 Å². The summed E-state index contributed by atoms with van der Waals surface area (Å²) in [6.45, 7) is 1.97. The maximum atomic E-state index is 12.0. The molecule has 7 heteroatoms. The molecule has 1 aliphatic heterocycles. The van der Waals surface area contributed by atoms with Crippen LogP contribution >= 0.6 is 0 Å². The molecule has 0 bridgehead atoms. The molecule has 2 aromatic carbocycles. The first-order valence-corrected chi connectivity index (χ1v) is 12.6. The molecule has 6 rings (SSSR count). The number of amides is 1. The highest BCUT2D eigenvalue weighted by molar-refractivity contribution is 5.94. The third-order valence-corrected chi connectivity index (χ3v) is 8.53. The van der Waals surface area contributed by atoms with Crippen LogP contribution in [0.1, 0.15) is 62.0 Å². The summed E-state index contributed by atoms with van der Waals surface area (Å²) < 4.78 is 7.35. The fraction of sp³-hybridized carbons (Fsp3) is 0.464. The lowest BCUT2D eigenvalue weighted by Gasteiger charge is -2.57. The lowest BCUT2D eigenvalue weighted by atomic mass is 9.50. The van der Waals surface area contributed by atoms with Gasteiger partial charge in [-0.3, -0.25) is 9.69 Å². The summed E-state index contributed by atoms with van der Waals surface area (Å²) in [6.07, 6.45) is 5.36. The van der Waals surface area contributed by atoms with E-state index in [0.717, 1.165) is 73.1 Å². The first-order valence-electron chi connectivity index (χ1n) is 12.6. The van der Waals surface area contributed by atoms with E-state index < -0.39 is 6.09 Å². The Labute approximate surface area is 204 Å². The average Bonchev–Trinajstić information content (AvgIpc) is 3.15. The Hall–Kier alpha value is -3.35. The van der Waals surface area contributed by atoms with Gasteiger partial charge in [-0.15, -0.1) is 0 Å². The molecule has 7 nitrogen and oxygen atoms in total. The summed E-state index contributed by atoms with van der Waals surface area (Å²) >= 11 is 0. The lowest BCUT2D eigenvalue weighted by molar-refractivity contribution is -0.160. The summed E-state index contributed by atoms with van der Waals surface area (Å²) in [4.78, 5) is 30.6. The highest BCUT2D eigenvalue weighted by atomic mass is 16.5. The van der Waals surface area contributed by atoms with Gasteiger partial charge >= 0.3 is 12.1 Å². The second-order valence-electron chi connectivity index (χ2n) is 10.7. The predicted octanol–water partition coefficient (Wildman–Crippen LogP) is 5.35. The van der Waals surface area contributed by atoms with Crippen LogP contribution in [0, 0.1) is 11.3 Å². The number of aromatic nitrogens is 2. The number of carbonyl (C=O) groups is 2. The van der Waals surface area contributed by atoms with Crippen LogP contribution in [0.25, 0.3) is 11.0 Å². The lowest BCUT2D eigenvalue weighted by Crippen LogP contribution is -2.50. The van der Waals surface area contributed by atoms with Crippen molar-refractivity contribution >= 4 is 28.8 Å². The normalized spacial score (nSPS) is 27.3. The van der Waals surface area contributed by atoms with Crippen molar-refractivity contribution in [3.63, 3.8) is 0 Å². The number of ether oxygens (including phenoxy) is 1. The molecule has 2 heterocycles. The second-order valence-corrected chi connectivity index (χ2v) is 10.7. The van der Waals surface area contributed by atoms with Crippen molar-refractivity contribution in [2.24, 2.45) is 11.3 Å². The minimum atomic E-state index is -0.909. The van der Waals surface area contributed by atoms with Gasteiger partial charge in [0.25, 0.3) is 0 Å². The molecule has 0 radical (unpaired) electrons. The maximum absolute atomic E-state index is 12.0. The van der Waals surface area contributed by atoms with E-state index in [0.29, 0.717) is 6.04 Å².